The second-order valence-electron chi connectivity index (χ2n) is 8.69. The molecule has 6 rings (SSSR count). The molecule has 0 bridgehead atoms. The van der Waals surface area contributed by atoms with Gasteiger partial charge in [-0.1, -0.05) is 13.0 Å². The Bertz CT molecular complexity index is 1350. The van der Waals surface area contributed by atoms with Crippen molar-refractivity contribution in [1.29, 1.82) is 0 Å². The number of aromatic nitrogens is 2. The van der Waals surface area contributed by atoms with Crippen LogP contribution in [0.4, 0.5) is 0 Å². The van der Waals surface area contributed by atoms with Crippen LogP contribution < -0.4 is 5.56 Å². The summed E-state index contributed by atoms with van der Waals surface area (Å²) in [5, 5.41) is 12.3. The van der Waals surface area contributed by atoms with Crippen LogP contribution in [0.2, 0.25) is 0 Å². The Balaban J connectivity index is 1.68. The zero-order valence-corrected chi connectivity index (χ0v) is 17.0. The van der Waals surface area contributed by atoms with Crippen molar-refractivity contribution in [2.24, 2.45) is 0 Å². The third-order valence-corrected chi connectivity index (χ3v) is 7.00. The number of nitrogens with zero attached hydrogens (tertiary/aromatic N) is 2. The summed E-state index contributed by atoms with van der Waals surface area (Å²) in [5.41, 5.74) is 6.08. The highest BCUT2D eigenvalue weighted by Crippen LogP contribution is 2.42. The van der Waals surface area contributed by atoms with Gasteiger partial charge in [-0.05, 0) is 61.4 Å². The Hall–Kier alpha value is -2.99. The molecular formula is C24H22N2O4. The minimum atomic E-state index is -1.79. The number of hydrogen-bond donors (Lipinski definition) is 1. The number of aliphatic hydroxyl groups is 1. The number of ether oxygens (including phenoxy) is 1. The number of fused-ring (bicyclic) bond motifs is 5. The number of carbonyl (C=O) groups is 1. The van der Waals surface area contributed by atoms with Gasteiger partial charge in [-0.15, -0.1) is 0 Å². The van der Waals surface area contributed by atoms with E-state index in [1.165, 1.54) is 22.1 Å². The Labute approximate surface area is 173 Å². The maximum Gasteiger partial charge on any atom is 0.343 e. The van der Waals surface area contributed by atoms with Crippen LogP contribution >= 0.6 is 0 Å². The molecule has 1 aliphatic carbocycles. The molecule has 0 radical (unpaired) electrons. The van der Waals surface area contributed by atoms with E-state index in [-0.39, 0.29) is 18.6 Å². The van der Waals surface area contributed by atoms with E-state index < -0.39 is 11.6 Å². The van der Waals surface area contributed by atoms with Crippen LogP contribution in [0, 0.1) is 6.92 Å². The lowest BCUT2D eigenvalue weighted by atomic mass is 9.85. The molecule has 0 saturated carbocycles. The number of pyridine rings is 2. The van der Waals surface area contributed by atoms with Crippen molar-refractivity contribution in [3.63, 3.8) is 0 Å². The van der Waals surface area contributed by atoms with Crippen molar-refractivity contribution < 1.29 is 14.6 Å². The number of carbonyl (C=O) groups excluding carboxylic acids is 1. The third-order valence-electron chi connectivity index (χ3n) is 7.00. The van der Waals surface area contributed by atoms with E-state index in [4.69, 9.17) is 9.72 Å². The molecule has 6 heteroatoms. The van der Waals surface area contributed by atoms with E-state index in [1.54, 1.807) is 17.6 Å². The summed E-state index contributed by atoms with van der Waals surface area (Å²) in [5.74, 6) is -0.693. The first kappa shape index (κ1) is 17.8. The average Bonchev–Trinajstić information content (AvgIpc) is 3.10. The fraction of sp³-hybridized carbons (Fsp3) is 0.375. The summed E-state index contributed by atoms with van der Waals surface area (Å²) in [7, 11) is 0. The smallest absolute Gasteiger partial charge is 0.343 e. The standard InChI is InChI=1S/C24H22N2O4/c1-3-24(29)17-9-19-21-15(10-26(19)22(27)16(17)11-30-23(24)28)14-6-4-5-13-7-12(2)8-18(25-21)20(13)14/h7-9,29H,3-6,10-11H2,1-2H3/t24-/m0/s1. The second kappa shape index (κ2) is 5.79. The minimum Gasteiger partial charge on any atom is -0.458 e. The highest BCUT2D eigenvalue weighted by molar-refractivity contribution is 5.92. The number of rotatable bonds is 1. The molecule has 1 N–H and O–H groups in total. The van der Waals surface area contributed by atoms with Gasteiger partial charge in [0.05, 0.1) is 29.0 Å². The molecule has 1 aromatic carbocycles. The molecule has 30 heavy (non-hydrogen) atoms. The summed E-state index contributed by atoms with van der Waals surface area (Å²) >= 11 is 0. The third kappa shape index (κ3) is 2.09. The molecule has 4 heterocycles. The Morgan fingerprint density at radius 2 is 2.00 bits per heavy atom. The van der Waals surface area contributed by atoms with E-state index in [1.807, 2.05) is 0 Å². The number of esters is 1. The monoisotopic (exact) mass is 402 g/mol. The molecule has 0 amide bonds. The van der Waals surface area contributed by atoms with Gasteiger partial charge in [-0.25, -0.2) is 9.78 Å². The van der Waals surface area contributed by atoms with Crippen molar-refractivity contribution in [2.75, 3.05) is 0 Å². The number of aryl methyl sites for hydroxylation is 3. The lowest BCUT2D eigenvalue weighted by Gasteiger charge is -2.31. The largest absolute Gasteiger partial charge is 0.458 e. The summed E-state index contributed by atoms with van der Waals surface area (Å²) in [4.78, 5) is 30.7. The predicted molar refractivity (Wildman–Crippen MR) is 111 cm³/mol. The van der Waals surface area contributed by atoms with Crippen molar-refractivity contribution in [3.05, 3.63) is 61.9 Å². The van der Waals surface area contributed by atoms with E-state index in [9.17, 15) is 14.7 Å². The van der Waals surface area contributed by atoms with Gasteiger partial charge in [0.25, 0.3) is 5.56 Å². The second-order valence-corrected chi connectivity index (χ2v) is 8.69. The maximum absolute atomic E-state index is 13.3. The number of hydrogen-bond acceptors (Lipinski definition) is 5. The van der Waals surface area contributed by atoms with Gasteiger partial charge >= 0.3 is 5.97 Å². The molecule has 0 fully saturated rings. The molecule has 1 atom stereocenters. The molecule has 6 nitrogen and oxygen atoms in total. The average molecular weight is 402 g/mol. The van der Waals surface area contributed by atoms with E-state index >= 15 is 0 Å². The lowest BCUT2D eigenvalue weighted by molar-refractivity contribution is -0.172. The zero-order valence-electron chi connectivity index (χ0n) is 17.0. The molecule has 0 spiro atoms. The van der Waals surface area contributed by atoms with Gasteiger partial charge in [0.15, 0.2) is 5.60 Å². The molecule has 2 aliphatic heterocycles. The van der Waals surface area contributed by atoms with Gasteiger partial charge < -0.3 is 14.4 Å². The van der Waals surface area contributed by atoms with Gasteiger partial charge in [0.2, 0.25) is 0 Å². The Kier molecular flexibility index (Phi) is 3.44. The molecule has 152 valence electrons. The van der Waals surface area contributed by atoms with Gasteiger partial charge in [0, 0.05) is 16.5 Å². The molecular weight excluding hydrogens is 380 g/mol. The zero-order chi connectivity index (χ0) is 20.8. The van der Waals surface area contributed by atoms with E-state index in [0.717, 1.165) is 36.0 Å². The Morgan fingerprint density at radius 3 is 2.80 bits per heavy atom. The molecule has 0 saturated heterocycles. The van der Waals surface area contributed by atoms with Crippen LogP contribution in [0.3, 0.4) is 0 Å². The highest BCUT2D eigenvalue weighted by atomic mass is 16.6. The summed E-state index contributed by atoms with van der Waals surface area (Å²) in [6, 6.07) is 6.14. The first-order valence-corrected chi connectivity index (χ1v) is 10.5. The number of benzene rings is 1. The molecule has 3 aromatic rings. The summed E-state index contributed by atoms with van der Waals surface area (Å²) in [6.07, 6.45) is 3.26. The minimum absolute atomic E-state index is 0.0997. The SMILES string of the molecule is CC[C@@]1(O)C(=O)OCc2c1cc1n(c2=O)Cc2c-1nc1cc(C)cc3c1c2CCC3. The van der Waals surface area contributed by atoms with Crippen LogP contribution in [0.5, 0.6) is 0 Å². The van der Waals surface area contributed by atoms with Crippen molar-refractivity contribution >= 4 is 16.9 Å². The van der Waals surface area contributed by atoms with Crippen LogP contribution in [-0.4, -0.2) is 20.6 Å². The van der Waals surface area contributed by atoms with E-state index in [2.05, 4.69) is 19.1 Å². The van der Waals surface area contributed by atoms with Crippen molar-refractivity contribution in [2.45, 2.75) is 58.3 Å². The van der Waals surface area contributed by atoms with Crippen LogP contribution in [0.25, 0.3) is 22.3 Å². The topological polar surface area (TPSA) is 81.4 Å². The van der Waals surface area contributed by atoms with Gasteiger partial charge in [-0.2, -0.15) is 0 Å². The highest BCUT2D eigenvalue weighted by Gasteiger charge is 2.45. The fourth-order valence-electron chi connectivity index (χ4n) is 5.48. The fourth-order valence-corrected chi connectivity index (χ4v) is 5.48. The lowest BCUT2D eigenvalue weighted by Crippen LogP contribution is -2.44. The molecule has 3 aliphatic rings. The van der Waals surface area contributed by atoms with Crippen LogP contribution in [-0.2, 0) is 41.1 Å². The van der Waals surface area contributed by atoms with Crippen LogP contribution in [0.15, 0.2) is 23.0 Å². The first-order chi connectivity index (χ1) is 14.4. The van der Waals surface area contributed by atoms with Crippen LogP contribution in [0.1, 0.15) is 53.1 Å². The summed E-state index contributed by atoms with van der Waals surface area (Å²) in [6.45, 7) is 4.18. The van der Waals surface area contributed by atoms with Gasteiger partial charge in [0.1, 0.15) is 6.61 Å². The maximum atomic E-state index is 13.3. The Morgan fingerprint density at radius 1 is 1.17 bits per heavy atom. The van der Waals surface area contributed by atoms with Crippen molar-refractivity contribution in [1.82, 2.24) is 9.55 Å². The number of cyclic esters (lactones) is 1. The first-order valence-electron chi connectivity index (χ1n) is 10.5. The predicted octanol–water partition coefficient (Wildman–Crippen LogP) is 2.88. The quantitative estimate of drug-likeness (QED) is 0.495. The van der Waals surface area contributed by atoms with E-state index in [0.29, 0.717) is 23.4 Å². The normalized spacial score (nSPS) is 21.2. The molecule has 0 unspecified atom stereocenters. The van der Waals surface area contributed by atoms with Gasteiger partial charge in [-0.3, -0.25) is 4.79 Å². The van der Waals surface area contributed by atoms with Crippen molar-refractivity contribution in [3.8, 4) is 11.4 Å². The summed E-state index contributed by atoms with van der Waals surface area (Å²) < 4.78 is 6.88. The molecule has 2 aromatic heterocycles.